The van der Waals surface area contributed by atoms with Crippen molar-refractivity contribution in [2.45, 2.75) is 39.0 Å². The van der Waals surface area contributed by atoms with E-state index in [0.29, 0.717) is 92.8 Å². The number of ether oxygens (including phenoxy) is 3. The van der Waals surface area contributed by atoms with Gasteiger partial charge in [0, 0.05) is 38.8 Å². The van der Waals surface area contributed by atoms with E-state index in [2.05, 4.69) is 27.1 Å². The number of rotatable bonds is 10. The molecular weight excluding hydrogens is 536 g/mol. The summed E-state index contributed by atoms with van der Waals surface area (Å²) in [5.41, 5.74) is 0.807. The molecule has 2 aromatic heterocycles. The van der Waals surface area contributed by atoms with Gasteiger partial charge in [0.1, 0.15) is 22.9 Å². The summed E-state index contributed by atoms with van der Waals surface area (Å²) in [6, 6.07) is 6.87. The molecule has 11 nitrogen and oxygen atoms in total. The zero-order valence-corrected chi connectivity index (χ0v) is 23.5. The second-order valence-corrected chi connectivity index (χ2v) is 10.2. The zero-order chi connectivity index (χ0) is 28.8. The zero-order valence-electron chi connectivity index (χ0n) is 23.5. The number of halogens is 2. The second kappa shape index (κ2) is 13.3. The molecule has 0 spiro atoms. The van der Waals surface area contributed by atoms with E-state index in [1.807, 2.05) is 0 Å². The number of benzene rings is 1. The van der Waals surface area contributed by atoms with E-state index in [-0.39, 0.29) is 6.09 Å². The van der Waals surface area contributed by atoms with Crippen LogP contribution in [-0.2, 0) is 9.47 Å². The standard InChI is InChI=1S/C28H37F2N7O4/c1-3-4-14-41-28(38)36-10-8-19(9-11-36)18-31-27-32-22(35-12-15-40-16-13-35)17-23(33-27)37-20-6-5-7-21(39-2)24(20)34-26(37)25(29)30/h5-7,17,19,25H,3-4,8-16,18H2,1-2H3,(H,31,32,33). The van der Waals surface area contributed by atoms with Crippen molar-refractivity contribution >= 4 is 28.9 Å². The Kier molecular flexibility index (Phi) is 9.32. The van der Waals surface area contributed by atoms with E-state index in [4.69, 9.17) is 19.2 Å². The molecule has 5 rings (SSSR count). The number of carbonyl (C=O) groups excluding carboxylic acids is 1. The molecule has 0 bridgehead atoms. The molecular formula is C28H37F2N7O4. The second-order valence-electron chi connectivity index (χ2n) is 10.2. The molecule has 2 aliphatic heterocycles. The van der Waals surface area contributed by atoms with Crippen LogP contribution in [0, 0.1) is 5.92 Å². The summed E-state index contributed by atoms with van der Waals surface area (Å²) in [7, 11) is 1.49. The van der Waals surface area contributed by atoms with Crippen molar-refractivity contribution in [2.75, 3.05) is 69.9 Å². The number of alkyl halides is 2. The van der Waals surface area contributed by atoms with E-state index >= 15 is 0 Å². The van der Waals surface area contributed by atoms with Crippen molar-refractivity contribution in [3.8, 4) is 11.6 Å². The molecule has 1 aromatic carbocycles. The first-order chi connectivity index (χ1) is 20.0. The van der Waals surface area contributed by atoms with Gasteiger partial charge in [-0.1, -0.05) is 19.4 Å². The van der Waals surface area contributed by atoms with Gasteiger partial charge in [-0.3, -0.25) is 4.57 Å². The molecule has 3 aromatic rings. The fourth-order valence-electron chi connectivity index (χ4n) is 5.16. The van der Waals surface area contributed by atoms with Gasteiger partial charge in [0.05, 0.1) is 32.4 Å². The highest BCUT2D eigenvalue weighted by Gasteiger charge is 2.26. The maximum atomic E-state index is 14.3. The topological polar surface area (TPSA) is 107 Å². The number of piperidine rings is 1. The molecule has 2 saturated heterocycles. The number of unbranched alkanes of at least 4 members (excludes halogenated alkanes) is 1. The van der Waals surface area contributed by atoms with Gasteiger partial charge in [-0.05, 0) is 37.3 Å². The normalized spacial score (nSPS) is 16.4. The summed E-state index contributed by atoms with van der Waals surface area (Å²) in [6.45, 7) is 6.70. The summed E-state index contributed by atoms with van der Waals surface area (Å²) < 4.78 is 46.1. The van der Waals surface area contributed by atoms with Gasteiger partial charge >= 0.3 is 6.09 Å². The van der Waals surface area contributed by atoms with Crippen LogP contribution in [0.15, 0.2) is 24.3 Å². The minimum Gasteiger partial charge on any atom is -0.494 e. The van der Waals surface area contributed by atoms with Gasteiger partial charge < -0.3 is 29.3 Å². The van der Waals surface area contributed by atoms with Crippen molar-refractivity contribution in [1.29, 1.82) is 0 Å². The fourth-order valence-corrected chi connectivity index (χ4v) is 5.16. The highest BCUT2D eigenvalue weighted by Crippen LogP contribution is 2.33. The van der Waals surface area contributed by atoms with Crippen LogP contribution < -0.4 is 15.0 Å². The monoisotopic (exact) mass is 573 g/mol. The van der Waals surface area contributed by atoms with Gasteiger partial charge in [0.2, 0.25) is 5.95 Å². The summed E-state index contributed by atoms with van der Waals surface area (Å²) in [4.78, 5) is 29.7. The number of carbonyl (C=O) groups is 1. The lowest BCUT2D eigenvalue weighted by Crippen LogP contribution is -2.40. The van der Waals surface area contributed by atoms with E-state index in [9.17, 15) is 13.6 Å². The van der Waals surface area contributed by atoms with Crippen molar-refractivity contribution < 1.29 is 27.8 Å². The van der Waals surface area contributed by atoms with Crippen molar-refractivity contribution in [1.82, 2.24) is 24.4 Å². The van der Waals surface area contributed by atoms with E-state index in [1.54, 1.807) is 29.2 Å². The molecule has 222 valence electrons. The Morgan fingerprint density at radius 3 is 2.59 bits per heavy atom. The molecule has 0 radical (unpaired) electrons. The SMILES string of the molecule is CCCCOC(=O)N1CCC(CNc2nc(N3CCOCC3)cc(-n3c(C(F)F)nc4c(OC)cccc43)n2)CC1. The smallest absolute Gasteiger partial charge is 0.409 e. The molecule has 0 atom stereocenters. The molecule has 13 heteroatoms. The molecule has 4 heterocycles. The Hall–Kier alpha value is -3.74. The van der Waals surface area contributed by atoms with Crippen LogP contribution in [0.4, 0.5) is 25.3 Å². The molecule has 0 saturated carbocycles. The Morgan fingerprint density at radius 1 is 1.12 bits per heavy atom. The van der Waals surface area contributed by atoms with Crippen LogP contribution in [0.25, 0.3) is 16.9 Å². The van der Waals surface area contributed by atoms with Gasteiger partial charge in [-0.2, -0.15) is 9.97 Å². The van der Waals surface area contributed by atoms with Crippen molar-refractivity contribution in [3.63, 3.8) is 0 Å². The number of nitrogens with zero attached hydrogens (tertiary/aromatic N) is 6. The first-order valence-electron chi connectivity index (χ1n) is 14.2. The third-order valence-corrected chi connectivity index (χ3v) is 7.50. The largest absolute Gasteiger partial charge is 0.494 e. The van der Waals surface area contributed by atoms with Gasteiger partial charge in [-0.25, -0.2) is 18.6 Å². The molecule has 0 unspecified atom stereocenters. The lowest BCUT2D eigenvalue weighted by molar-refractivity contribution is 0.0876. The Morgan fingerprint density at radius 2 is 1.88 bits per heavy atom. The highest BCUT2D eigenvalue weighted by molar-refractivity contribution is 5.84. The summed E-state index contributed by atoms with van der Waals surface area (Å²) in [6.07, 6.45) is 0.380. The Labute approximate surface area is 237 Å². The van der Waals surface area contributed by atoms with E-state index in [1.165, 1.54) is 11.7 Å². The van der Waals surface area contributed by atoms with Gasteiger partial charge in [0.25, 0.3) is 6.43 Å². The van der Waals surface area contributed by atoms with Crippen LogP contribution in [0.1, 0.15) is 44.9 Å². The number of morpholine rings is 1. The van der Waals surface area contributed by atoms with Crippen LogP contribution in [0.2, 0.25) is 0 Å². The van der Waals surface area contributed by atoms with E-state index in [0.717, 1.165) is 25.7 Å². The number of hydrogen-bond acceptors (Lipinski definition) is 9. The maximum Gasteiger partial charge on any atom is 0.409 e. The lowest BCUT2D eigenvalue weighted by Gasteiger charge is -2.31. The summed E-state index contributed by atoms with van der Waals surface area (Å²) >= 11 is 0. The average Bonchev–Trinajstić information content (AvgIpc) is 3.41. The molecule has 2 fully saturated rings. The quantitative estimate of drug-likeness (QED) is 0.347. The predicted molar refractivity (Wildman–Crippen MR) is 150 cm³/mol. The Bertz CT molecular complexity index is 1320. The average molecular weight is 574 g/mol. The van der Waals surface area contributed by atoms with E-state index < -0.39 is 12.2 Å². The van der Waals surface area contributed by atoms with Crippen molar-refractivity contribution in [3.05, 3.63) is 30.1 Å². The maximum absolute atomic E-state index is 14.3. The highest BCUT2D eigenvalue weighted by atomic mass is 19.3. The van der Waals surface area contributed by atoms with Crippen LogP contribution in [-0.4, -0.2) is 90.2 Å². The van der Waals surface area contributed by atoms with Crippen LogP contribution in [0.3, 0.4) is 0 Å². The number of nitrogens with one attached hydrogen (secondary N) is 1. The number of anilines is 2. The van der Waals surface area contributed by atoms with Crippen LogP contribution >= 0.6 is 0 Å². The number of hydrogen-bond donors (Lipinski definition) is 1. The number of imidazole rings is 1. The summed E-state index contributed by atoms with van der Waals surface area (Å²) in [5.74, 6) is 1.54. The number of aromatic nitrogens is 4. The Balaban J connectivity index is 1.38. The first kappa shape index (κ1) is 28.8. The molecule has 1 amide bonds. The summed E-state index contributed by atoms with van der Waals surface area (Å²) in [5, 5.41) is 3.34. The van der Waals surface area contributed by atoms with Crippen molar-refractivity contribution in [2.24, 2.45) is 5.92 Å². The number of likely N-dealkylation sites (tertiary alicyclic amines) is 1. The number of para-hydroxylation sites is 1. The molecule has 1 N–H and O–H groups in total. The van der Waals surface area contributed by atoms with Gasteiger partial charge in [-0.15, -0.1) is 0 Å². The molecule has 41 heavy (non-hydrogen) atoms. The molecule has 0 aliphatic carbocycles. The number of amides is 1. The van der Waals surface area contributed by atoms with Crippen LogP contribution in [0.5, 0.6) is 5.75 Å². The van der Waals surface area contributed by atoms with Gasteiger partial charge in [0.15, 0.2) is 5.82 Å². The minimum absolute atomic E-state index is 0.255. The number of methoxy groups -OCH3 is 1. The minimum atomic E-state index is -2.83. The predicted octanol–water partition coefficient (Wildman–Crippen LogP) is 4.66. The fraction of sp³-hybridized carbons (Fsp3) is 0.571. The third kappa shape index (κ3) is 6.61. The third-order valence-electron chi connectivity index (χ3n) is 7.50. The first-order valence-corrected chi connectivity index (χ1v) is 14.2. The lowest BCUT2D eigenvalue weighted by atomic mass is 9.97. The molecule has 2 aliphatic rings. The number of fused-ring (bicyclic) bond motifs is 1.